The minimum absolute atomic E-state index is 0.181. The molecule has 1 aliphatic rings. The van der Waals surface area contributed by atoms with Crippen molar-refractivity contribution in [1.82, 2.24) is 0 Å². The van der Waals surface area contributed by atoms with Gasteiger partial charge >= 0.3 is 0 Å². The Balaban J connectivity index is 1.76. The molecule has 128 valence electrons. The summed E-state index contributed by atoms with van der Waals surface area (Å²) in [5.74, 6) is 5.97. The van der Waals surface area contributed by atoms with E-state index in [-0.39, 0.29) is 11.6 Å². The molecule has 0 amide bonds. The summed E-state index contributed by atoms with van der Waals surface area (Å²) in [6.07, 6.45) is 9.32. The lowest BCUT2D eigenvalue weighted by Gasteiger charge is -2.25. The Kier molecular flexibility index (Phi) is 5.66. The van der Waals surface area contributed by atoms with Gasteiger partial charge in [0, 0.05) is 5.56 Å². The maximum Gasteiger partial charge on any atom is 0.142 e. The van der Waals surface area contributed by atoms with E-state index >= 15 is 0 Å². The first-order valence-corrected chi connectivity index (χ1v) is 8.86. The molecule has 0 heterocycles. The van der Waals surface area contributed by atoms with Crippen molar-refractivity contribution in [2.24, 2.45) is 5.92 Å². The largest absolute Gasteiger partial charge is 0.207 e. The second kappa shape index (κ2) is 8.12. The first kappa shape index (κ1) is 17.4. The van der Waals surface area contributed by atoms with Crippen molar-refractivity contribution in [2.45, 2.75) is 39.0 Å². The topological polar surface area (TPSA) is 0 Å². The third-order valence-corrected chi connectivity index (χ3v) is 4.81. The SMILES string of the molecule is C/C=C/CCC1CCc2c(ccc(C#Cc3ccc(F)cc3)c2F)C1. The number of fused-ring (bicyclic) bond motifs is 1. The molecule has 1 aliphatic carbocycles. The summed E-state index contributed by atoms with van der Waals surface area (Å²) < 4.78 is 27.7. The van der Waals surface area contributed by atoms with Crippen molar-refractivity contribution in [3.8, 4) is 11.8 Å². The zero-order chi connectivity index (χ0) is 17.6. The summed E-state index contributed by atoms with van der Waals surface area (Å²) in [5.41, 5.74) is 3.06. The zero-order valence-corrected chi connectivity index (χ0v) is 14.5. The van der Waals surface area contributed by atoms with Gasteiger partial charge in [-0.25, -0.2) is 8.78 Å². The summed E-state index contributed by atoms with van der Waals surface area (Å²) in [5, 5.41) is 0. The molecular formula is C23H22F2. The molecule has 2 aromatic rings. The Morgan fingerprint density at radius 2 is 1.88 bits per heavy atom. The van der Waals surface area contributed by atoms with E-state index in [0.717, 1.165) is 43.2 Å². The molecule has 0 saturated heterocycles. The van der Waals surface area contributed by atoms with Crippen LogP contribution >= 0.6 is 0 Å². The van der Waals surface area contributed by atoms with Crippen LogP contribution in [0.3, 0.4) is 0 Å². The molecule has 0 aromatic heterocycles. The minimum atomic E-state index is -0.297. The van der Waals surface area contributed by atoms with Crippen LogP contribution in [0.15, 0.2) is 48.6 Å². The Morgan fingerprint density at radius 1 is 1.08 bits per heavy atom. The quantitative estimate of drug-likeness (QED) is 0.489. The van der Waals surface area contributed by atoms with Gasteiger partial charge in [-0.1, -0.05) is 30.1 Å². The number of rotatable bonds is 3. The smallest absolute Gasteiger partial charge is 0.142 e. The number of allylic oxidation sites excluding steroid dienone is 2. The van der Waals surface area contributed by atoms with Crippen molar-refractivity contribution in [3.63, 3.8) is 0 Å². The molecule has 3 rings (SSSR count). The van der Waals surface area contributed by atoms with Crippen LogP contribution < -0.4 is 0 Å². The average Bonchev–Trinajstić information content (AvgIpc) is 2.63. The highest BCUT2D eigenvalue weighted by atomic mass is 19.1. The fourth-order valence-electron chi connectivity index (χ4n) is 3.40. The third-order valence-electron chi connectivity index (χ3n) is 4.81. The molecule has 0 aliphatic heterocycles. The van der Waals surface area contributed by atoms with Crippen LogP contribution in [0.4, 0.5) is 8.78 Å². The number of hydrogen-bond acceptors (Lipinski definition) is 0. The fourth-order valence-corrected chi connectivity index (χ4v) is 3.40. The van der Waals surface area contributed by atoms with Crippen LogP contribution in [-0.4, -0.2) is 0 Å². The lowest BCUT2D eigenvalue weighted by Crippen LogP contribution is -2.16. The van der Waals surface area contributed by atoms with Crippen molar-refractivity contribution >= 4 is 0 Å². The fraction of sp³-hybridized carbons (Fsp3) is 0.304. The number of hydrogen-bond donors (Lipinski definition) is 0. The summed E-state index contributed by atoms with van der Waals surface area (Å²) in [4.78, 5) is 0. The van der Waals surface area contributed by atoms with Crippen LogP contribution in [-0.2, 0) is 12.8 Å². The second-order valence-electron chi connectivity index (χ2n) is 6.58. The summed E-state index contributed by atoms with van der Waals surface area (Å²) in [6.45, 7) is 2.04. The highest BCUT2D eigenvalue weighted by Gasteiger charge is 2.21. The van der Waals surface area contributed by atoms with Crippen LogP contribution in [0.5, 0.6) is 0 Å². The molecule has 25 heavy (non-hydrogen) atoms. The third kappa shape index (κ3) is 4.37. The van der Waals surface area contributed by atoms with E-state index in [4.69, 9.17) is 0 Å². The van der Waals surface area contributed by atoms with Crippen LogP contribution in [0.2, 0.25) is 0 Å². The van der Waals surface area contributed by atoms with Gasteiger partial charge in [0.05, 0.1) is 5.56 Å². The Labute approximate surface area is 148 Å². The highest BCUT2D eigenvalue weighted by molar-refractivity contribution is 5.47. The van der Waals surface area contributed by atoms with Gasteiger partial charge in [0.25, 0.3) is 0 Å². The standard InChI is InChI=1S/C23H22F2/c1-2-3-4-5-18-9-15-22-20(16-18)12-11-19(23(22)25)10-6-17-7-13-21(24)14-8-17/h2-3,7-8,11-14,18H,4-5,9,15-16H2,1H3/b3-2+. The van der Waals surface area contributed by atoms with Gasteiger partial charge in [0.15, 0.2) is 0 Å². The molecule has 0 bridgehead atoms. The van der Waals surface area contributed by atoms with E-state index in [9.17, 15) is 8.78 Å². The van der Waals surface area contributed by atoms with Gasteiger partial charge in [0.2, 0.25) is 0 Å². The van der Waals surface area contributed by atoms with Crippen LogP contribution in [0.25, 0.3) is 0 Å². The van der Waals surface area contributed by atoms with E-state index in [0.29, 0.717) is 17.0 Å². The normalized spacial score (nSPS) is 16.4. The summed E-state index contributed by atoms with van der Waals surface area (Å²) in [6, 6.07) is 9.73. The monoisotopic (exact) mass is 336 g/mol. The Bertz CT molecular complexity index is 820. The van der Waals surface area contributed by atoms with Crippen LogP contribution in [0.1, 0.15) is 48.4 Å². The summed E-state index contributed by atoms with van der Waals surface area (Å²) >= 11 is 0. The Morgan fingerprint density at radius 3 is 2.64 bits per heavy atom. The van der Waals surface area contributed by atoms with Gasteiger partial charge in [-0.3, -0.25) is 0 Å². The molecule has 0 nitrogen and oxygen atoms in total. The highest BCUT2D eigenvalue weighted by Crippen LogP contribution is 2.31. The van der Waals surface area contributed by atoms with Gasteiger partial charge in [-0.05, 0) is 86.4 Å². The first-order valence-electron chi connectivity index (χ1n) is 8.86. The lowest BCUT2D eigenvalue weighted by molar-refractivity contribution is 0.421. The first-order chi connectivity index (χ1) is 12.2. The molecule has 0 fully saturated rings. The molecule has 0 radical (unpaired) electrons. The molecule has 0 saturated carbocycles. The van der Waals surface area contributed by atoms with Gasteiger partial charge in [0.1, 0.15) is 11.6 Å². The molecule has 0 spiro atoms. The predicted molar refractivity (Wildman–Crippen MR) is 98.3 cm³/mol. The van der Waals surface area contributed by atoms with E-state index in [1.54, 1.807) is 18.2 Å². The van der Waals surface area contributed by atoms with Crippen molar-refractivity contribution in [3.05, 3.63) is 82.4 Å². The van der Waals surface area contributed by atoms with Gasteiger partial charge in [-0.2, -0.15) is 0 Å². The second-order valence-corrected chi connectivity index (χ2v) is 6.58. The zero-order valence-electron chi connectivity index (χ0n) is 14.5. The van der Waals surface area contributed by atoms with E-state index in [2.05, 4.69) is 24.0 Å². The molecular weight excluding hydrogens is 314 g/mol. The van der Waals surface area contributed by atoms with Crippen molar-refractivity contribution in [1.29, 1.82) is 0 Å². The lowest BCUT2D eigenvalue weighted by atomic mass is 9.81. The number of benzene rings is 2. The van der Waals surface area contributed by atoms with E-state index in [1.807, 2.05) is 13.0 Å². The van der Waals surface area contributed by atoms with E-state index < -0.39 is 0 Å². The molecule has 1 unspecified atom stereocenters. The van der Waals surface area contributed by atoms with Gasteiger partial charge < -0.3 is 0 Å². The molecule has 2 aromatic carbocycles. The summed E-state index contributed by atoms with van der Waals surface area (Å²) in [7, 11) is 0. The number of halogens is 2. The molecule has 1 atom stereocenters. The Hall–Kier alpha value is -2.40. The maximum absolute atomic E-state index is 14.8. The average molecular weight is 336 g/mol. The maximum atomic E-state index is 14.8. The molecule has 0 N–H and O–H groups in total. The van der Waals surface area contributed by atoms with Crippen molar-refractivity contribution in [2.75, 3.05) is 0 Å². The van der Waals surface area contributed by atoms with E-state index in [1.165, 1.54) is 12.1 Å². The minimum Gasteiger partial charge on any atom is -0.207 e. The van der Waals surface area contributed by atoms with Gasteiger partial charge in [-0.15, -0.1) is 0 Å². The van der Waals surface area contributed by atoms with Crippen molar-refractivity contribution < 1.29 is 8.78 Å². The van der Waals surface area contributed by atoms with Crippen LogP contribution in [0, 0.1) is 29.4 Å². The molecule has 2 heteroatoms. The predicted octanol–water partition coefficient (Wildman–Crippen LogP) is 5.83.